The Morgan fingerprint density at radius 2 is 1.70 bits per heavy atom. The van der Waals surface area contributed by atoms with Crippen LogP contribution in [0.15, 0.2) is 36.6 Å². The van der Waals surface area contributed by atoms with Gasteiger partial charge in [0.2, 0.25) is 0 Å². The van der Waals surface area contributed by atoms with Gasteiger partial charge in [0.1, 0.15) is 0 Å². The number of aliphatic hydroxyl groups excluding tert-OH is 1. The fraction of sp³-hybridized carbons (Fsp3) is 0. The molecule has 0 spiro atoms. The van der Waals surface area contributed by atoms with E-state index in [9.17, 15) is 0 Å². The molecular weight excluding hydrogens is 128 g/mol. The molecule has 0 aromatic heterocycles. The van der Waals surface area contributed by atoms with Gasteiger partial charge in [0.15, 0.2) is 0 Å². The van der Waals surface area contributed by atoms with Crippen LogP contribution in [0.1, 0.15) is 5.56 Å². The van der Waals surface area contributed by atoms with Crippen LogP contribution in [-0.2, 0) is 0 Å². The standard InChI is InChI=1S/C8H8O.H2O/c9-7-6-8-4-2-1-3-5-8;/h1-7,9H;1H2. The number of benzene rings is 1. The minimum absolute atomic E-state index is 0. The summed E-state index contributed by atoms with van der Waals surface area (Å²) in [4.78, 5) is 0. The molecule has 2 heteroatoms. The third kappa shape index (κ3) is 2.33. The van der Waals surface area contributed by atoms with E-state index >= 15 is 0 Å². The summed E-state index contributed by atoms with van der Waals surface area (Å²) in [6, 6.07) is 9.64. The SMILES string of the molecule is O.OC=Cc1ccccc1. The van der Waals surface area contributed by atoms with Gasteiger partial charge >= 0.3 is 0 Å². The van der Waals surface area contributed by atoms with Crippen molar-refractivity contribution in [2.45, 2.75) is 0 Å². The minimum Gasteiger partial charge on any atom is -0.516 e. The van der Waals surface area contributed by atoms with E-state index in [2.05, 4.69) is 0 Å². The highest BCUT2D eigenvalue weighted by Crippen LogP contribution is 1.98. The normalized spacial score (nSPS) is 9.20. The maximum atomic E-state index is 8.34. The molecule has 0 amide bonds. The molecule has 0 fully saturated rings. The molecule has 0 atom stereocenters. The van der Waals surface area contributed by atoms with Crippen molar-refractivity contribution in [3.8, 4) is 0 Å². The maximum absolute atomic E-state index is 8.34. The molecule has 1 aromatic carbocycles. The second-order valence-electron chi connectivity index (χ2n) is 1.73. The van der Waals surface area contributed by atoms with Gasteiger partial charge in [0, 0.05) is 0 Å². The van der Waals surface area contributed by atoms with Gasteiger partial charge in [-0.3, -0.25) is 0 Å². The summed E-state index contributed by atoms with van der Waals surface area (Å²) in [6.45, 7) is 0. The highest BCUT2D eigenvalue weighted by molar-refractivity contribution is 5.47. The van der Waals surface area contributed by atoms with Crippen LogP contribution in [-0.4, -0.2) is 10.6 Å². The monoisotopic (exact) mass is 138 g/mol. The molecule has 1 aromatic rings. The van der Waals surface area contributed by atoms with Gasteiger partial charge < -0.3 is 10.6 Å². The number of hydrogen-bond acceptors (Lipinski definition) is 1. The van der Waals surface area contributed by atoms with E-state index in [-0.39, 0.29) is 5.48 Å². The topological polar surface area (TPSA) is 51.7 Å². The number of aliphatic hydroxyl groups is 1. The molecule has 0 heterocycles. The van der Waals surface area contributed by atoms with Crippen molar-refractivity contribution in [2.75, 3.05) is 0 Å². The minimum atomic E-state index is 0. The molecule has 0 aliphatic rings. The van der Waals surface area contributed by atoms with Crippen LogP contribution in [0.25, 0.3) is 6.08 Å². The molecule has 0 aliphatic heterocycles. The molecule has 0 saturated heterocycles. The molecule has 3 N–H and O–H groups in total. The Labute approximate surface area is 59.7 Å². The van der Waals surface area contributed by atoms with Crippen molar-refractivity contribution in [3.05, 3.63) is 42.2 Å². The lowest BCUT2D eigenvalue weighted by atomic mass is 10.2. The zero-order valence-corrected chi connectivity index (χ0v) is 5.49. The maximum Gasteiger partial charge on any atom is 0.0797 e. The second kappa shape index (κ2) is 4.58. The highest BCUT2D eigenvalue weighted by Gasteiger charge is 1.78. The molecular formula is C8H10O2. The molecule has 0 unspecified atom stereocenters. The zero-order chi connectivity index (χ0) is 6.53. The van der Waals surface area contributed by atoms with Gasteiger partial charge in [-0.1, -0.05) is 30.3 Å². The van der Waals surface area contributed by atoms with Gasteiger partial charge in [-0.15, -0.1) is 0 Å². The van der Waals surface area contributed by atoms with Crippen molar-refractivity contribution in [3.63, 3.8) is 0 Å². The first-order valence-electron chi connectivity index (χ1n) is 2.79. The predicted molar refractivity (Wildman–Crippen MR) is 41.7 cm³/mol. The fourth-order valence-electron chi connectivity index (χ4n) is 0.650. The first-order chi connectivity index (χ1) is 4.43. The van der Waals surface area contributed by atoms with Crippen LogP contribution in [0.2, 0.25) is 0 Å². The van der Waals surface area contributed by atoms with Gasteiger partial charge in [-0.05, 0) is 11.6 Å². The van der Waals surface area contributed by atoms with Crippen LogP contribution >= 0.6 is 0 Å². The van der Waals surface area contributed by atoms with Crippen LogP contribution in [0.4, 0.5) is 0 Å². The van der Waals surface area contributed by atoms with Crippen LogP contribution in [0, 0.1) is 0 Å². The first-order valence-corrected chi connectivity index (χ1v) is 2.79. The zero-order valence-electron chi connectivity index (χ0n) is 5.49. The molecule has 0 radical (unpaired) electrons. The van der Waals surface area contributed by atoms with Crippen molar-refractivity contribution >= 4 is 6.08 Å². The molecule has 0 bridgehead atoms. The van der Waals surface area contributed by atoms with Crippen molar-refractivity contribution in [1.29, 1.82) is 0 Å². The lowest BCUT2D eigenvalue weighted by Gasteiger charge is -1.86. The average molecular weight is 138 g/mol. The Morgan fingerprint density at radius 1 is 1.10 bits per heavy atom. The van der Waals surface area contributed by atoms with Crippen LogP contribution < -0.4 is 0 Å². The molecule has 2 nitrogen and oxygen atoms in total. The molecule has 0 saturated carbocycles. The summed E-state index contributed by atoms with van der Waals surface area (Å²) in [5.41, 5.74) is 1.01. The van der Waals surface area contributed by atoms with E-state index in [1.165, 1.54) is 0 Å². The Kier molecular flexibility index (Phi) is 4.00. The lowest BCUT2D eigenvalue weighted by molar-refractivity contribution is 0.478. The first kappa shape index (κ1) is 8.72. The van der Waals surface area contributed by atoms with Crippen LogP contribution in [0.5, 0.6) is 0 Å². The summed E-state index contributed by atoms with van der Waals surface area (Å²) in [6.07, 6.45) is 2.68. The second-order valence-corrected chi connectivity index (χ2v) is 1.73. The summed E-state index contributed by atoms with van der Waals surface area (Å²) in [7, 11) is 0. The van der Waals surface area contributed by atoms with E-state index < -0.39 is 0 Å². The Morgan fingerprint density at radius 3 is 2.20 bits per heavy atom. The summed E-state index contributed by atoms with van der Waals surface area (Å²) in [5.74, 6) is 0. The smallest absolute Gasteiger partial charge is 0.0797 e. The third-order valence-electron chi connectivity index (χ3n) is 1.07. The van der Waals surface area contributed by atoms with Gasteiger partial charge in [-0.25, -0.2) is 0 Å². The Bertz CT molecular complexity index is 192. The fourth-order valence-corrected chi connectivity index (χ4v) is 0.650. The summed E-state index contributed by atoms with van der Waals surface area (Å²) < 4.78 is 0. The van der Waals surface area contributed by atoms with E-state index in [1.54, 1.807) is 6.08 Å². The summed E-state index contributed by atoms with van der Waals surface area (Å²) >= 11 is 0. The number of rotatable bonds is 1. The van der Waals surface area contributed by atoms with Gasteiger partial charge in [0.25, 0.3) is 0 Å². The third-order valence-corrected chi connectivity index (χ3v) is 1.07. The van der Waals surface area contributed by atoms with Gasteiger partial charge in [0.05, 0.1) is 6.26 Å². The number of hydrogen-bond donors (Lipinski definition) is 1. The average Bonchev–Trinajstić information content (AvgIpc) is 1.91. The van der Waals surface area contributed by atoms with Crippen molar-refractivity contribution < 1.29 is 10.6 Å². The van der Waals surface area contributed by atoms with Crippen LogP contribution in [0.3, 0.4) is 0 Å². The lowest BCUT2D eigenvalue weighted by Crippen LogP contribution is -1.66. The summed E-state index contributed by atoms with van der Waals surface area (Å²) in [5, 5.41) is 8.34. The van der Waals surface area contributed by atoms with Crippen molar-refractivity contribution in [2.24, 2.45) is 0 Å². The molecule has 1 rings (SSSR count). The van der Waals surface area contributed by atoms with E-state index in [1.807, 2.05) is 30.3 Å². The quantitative estimate of drug-likeness (QED) is 0.586. The Hall–Kier alpha value is -1.28. The van der Waals surface area contributed by atoms with E-state index in [0.29, 0.717) is 0 Å². The Balaban J connectivity index is 0.000000810. The molecule has 54 valence electrons. The van der Waals surface area contributed by atoms with E-state index in [4.69, 9.17) is 5.11 Å². The van der Waals surface area contributed by atoms with Gasteiger partial charge in [-0.2, -0.15) is 0 Å². The largest absolute Gasteiger partial charge is 0.516 e. The van der Waals surface area contributed by atoms with E-state index in [0.717, 1.165) is 11.8 Å². The molecule has 10 heavy (non-hydrogen) atoms. The predicted octanol–water partition coefficient (Wildman–Crippen LogP) is 1.39. The molecule has 0 aliphatic carbocycles. The highest BCUT2D eigenvalue weighted by atomic mass is 16.2. The van der Waals surface area contributed by atoms with Crippen molar-refractivity contribution in [1.82, 2.24) is 0 Å².